The quantitative estimate of drug-likeness (QED) is 0.874. The maximum atomic E-state index is 5.80. The molecule has 1 aliphatic heterocycles. The molecule has 118 valence electrons. The number of benzene rings is 1. The first-order chi connectivity index (χ1) is 10.00. The number of piperazine rings is 1. The third-order valence-corrected chi connectivity index (χ3v) is 4.62. The number of nitrogens with two attached hydrogens (primary N) is 1. The molecule has 3 nitrogen and oxygen atoms in total. The van der Waals surface area contributed by atoms with E-state index in [4.69, 9.17) is 5.73 Å². The van der Waals surface area contributed by atoms with Gasteiger partial charge in [0.2, 0.25) is 0 Å². The van der Waals surface area contributed by atoms with Gasteiger partial charge < -0.3 is 10.6 Å². The lowest BCUT2D eigenvalue weighted by atomic mass is 9.88. The molecule has 0 amide bonds. The molecule has 0 bridgehead atoms. The Bertz CT molecular complexity index is 434. The maximum Gasteiger partial charge on any atom is 0.0369 e. The van der Waals surface area contributed by atoms with Crippen molar-refractivity contribution >= 4 is 5.69 Å². The number of rotatable bonds is 6. The predicted molar refractivity (Wildman–Crippen MR) is 91.9 cm³/mol. The summed E-state index contributed by atoms with van der Waals surface area (Å²) in [5.74, 6) is 0. The second kappa shape index (κ2) is 7.28. The molecule has 0 saturated carbocycles. The van der Waals surface area contributed by atoms with Crippen LogP contribution in [0.3, 0.4) is 0 Å². The van der Waals surface area contributed by atoms with Crippen LogP contribution in [0.15, 0.2) is 24.3 Å². The fraction of sp³-hybridized carbons (Fsp3) is 0.667. The van der Waals surface area contributed by atoms with Gasteiger partial charge in [0.15, 0.2) is 0 Å². The first-order valence-electron chi connectivity index (χ1n) is 8.24. The topological polar surface area (TPSA) is 32.5 Å². The van der Waals surface area contributed by atoms with Crippen molar-refractivity contribution in [1.29, 1.82) is 0 Å². The molecule has 2 rings (SSSR count). The summed E-state index contributed by atoms with van der Waals surface area (Å²) in [6.45, 7) is 13.3. The van der Waals surface area contributed by atoms with Gasteiger partial charge in [-0.25, -0.2) is 0 Å². The molecule has 1 aromatic carbocycles. The first kappa shape index (κ1) is 16.3. The summed E-state index contributed by atoms with van der Waals surface area (Å²) in [5, 5.41) is 0. The van der Waals surface area contributed by atoms with Gasteiger partial charge in [-0.1, -0.05) is 26.0 Å². The molecule has 0 radical (unpaired) electrons. The number of aryl methyl sites for hydroxylation is 1. The highest BCUT2D eigenvalue weighted by atomic mass is 15.3. The van der Waals surface area contributed by atoms with Gasteiger partial charge >= 0.3 is 0 Å². The molecule has 3 heteroatoms. The highest BCUT2D eigenvalue weighted by molar-refractivity contribution is 5.48. The van der Waals surface area contributed by atoms with Crippen molar-refractivity contribution in [2.24, 2.45) is 11.1 Å². The molecule has 0 unspecified atom stereocenters. The molecule has 1 aromatic rings. The lowest BCUT2D eigenvalue weighted by molar-refractivity contribution is 0.232. The summed E-state index contributed by atoms with van der Waals surface area (Å²) in [4.78, 5) is 5.10. The van der Waals surface area contributed by atoms with Crippen LogP contribution in [0.4, 0.5) is 5.69 Å². The first-order valence-corrected chi connectivity index (χ1v) is 8.24. The van der Waals surface area contributed by atoms with Crippen LogP contribution in [-0.4, -0.2) is 44.2 Å². The zero-order chi connectivity index (χ0) is 15.3. The third kappa shape index (κ3) is 5.01. The SMILES string of the molecule is Cc1cccc(N2CCN(CCCC(C)(C)CN)CC2)c1. The number of hydrogen-bond acceptors (Lipinski definition) is 3. The maximum absolute atomic E-state index is 5.80. The molecule has 1 aliphatic rings. The van der Waals surface area contributed by atoms with Crippen LogP contribution < -0.4 is 10.6 Å². The smallest absolute Gasteiger partial charge is 0.0369 e. The average molecular weight is 289 g/mol. The van der Waals surface area contributed by atoms with E-state index in [1.807, 2.05) is 0 Å². The standard InChI is InChI=1S/C18H31N3/c1-16-6-4-7-17(14-16)21-12-10-20(11-13-21)9-5-8-18(2,3)15-19/h4,6-7,14H,5,8-13,15,19H2,1-3H3. The van der Waals surface area contributed by atoms with E-state index in [2.05, 4.69) is 54.8 Å². The van der Waals surface area contributed by atoms with E-state index in [1.54, 1.807) is 0 Å². The van der Waals surface area contributed by atoms with Gasteiger partial charge in [-0.15, -0.1) is 0 Å². The molecule has 1 fully saturated rings. The van der Waals surface area contributed by atoms with Crippen molar-refractivity contribution in [2.75, 3.05) is 44.2 Å². The lowest BCUT2D eigenvalue weighted by Crippen LogP contribution is -2.46. The van der Waals surface area contributed by atoms with E-state index in [0.717, 1.165) is 19.6 Å². The van der Waals surface area contributed by atoms with Crippen LogP contribution in [0.25, 0.3) is 0 Å². The van der Waals surface area contributed by atoms with Crippen molar-refractivity contribution in [3.8, 4) is 0 Å². The highest BCUT2D eigenvalue weighted by Gasteiger charge is 2.19. The average Bonchev–Trinajstić information content (AvgIpc) is 2.48. The van der Waals surface area contributed by atoms with Gasteiger partial charge in [-0.2, -0.15) is 0 Å². The van der Waals surface area contributed by atoms with Gasteiger partial charge in [-0.05, 0) is 56.0 Å². The molecule has 1 saturated heterocycles. The van der Waals surface area contributed by atoms with Crippen molar-refractivity contribution < 1.29 is 0 Å². The predicted octanol–water partition coefficient (Wildman–Crippen LogP) is 2.88. The van der Waals surface area contributed by atoms with Crippen molar-refractivity contribution in [2.45, 2.75) is 33.6 Å². The summed E-state index contributed by atoms with van der Waals surface area (Å²) in [6.07, 6.45) is 2.48. The van der Waals surface area contributed by atoms with Crippen LogP contribution in [0.1, 0.15) is 32.3 Å². The van der Waals surface area contributed by atoms with Gasteiger partial charge in [0.05, 0.1) is 0 Å². The molecular weight excluding hydrogens is 258 g/mol. The van der Waals surface area contributed by atoms with E-state index < -0.39 is 0 Å². The summed E-state index contributed by atoms with van der Waals surface area (Å²) >= 11 is 0. The Hall–Kier alpha value is -1.06. The Balaban J connectivity index is 1.73. The molecule has 0 spiro atoms. The van der Waals surface area contributed by atoms with Crippen LogP contribution in [0, 0.1) is 12.3 Å². The number of anilines is 1. The fourth-order valence-electron chi connectivity index (χ4n) is 2.94. The molecular formula is C18H31N3. The zero-order valence-electron chi connectivity index (χ0n) is 13.9. The van der Waals surface area contributed by atoms with E-state index in [1.165, 1.54) is 43.7 Å². The third-order valence-electron chi connectivity index (χ3n) is 4.62. The van der Waals surface area contributed by atoms with Crippen LogP contribution in [-0.2, 0) is 0 Å². The zero-order valence-corrected chi connectivity index (χ0v) is 13.9. The molecule has 21 heavy (non-hydrogen) atoms. The summed E-state index contributed by atoms with van der Waals surface area (Å²) in [6, 6.07) is 8.84. The largest absolute Gasteiger partial charge is 0.369 e. The second-order valence-electron chi connectivity index (χ2n) is 7.14. The minimum absolute atomic E-state index is 0.295. The van der Waals surface area contributed by atoms with Gasteiger partial charge in [-0.3, -0.25) is 4.90 Å². The Morgan fingerprint density at radius 1 is 1.14 bits per heavy atom. The lowest BCUT2D eigenvalue weighted by Gasteiger charge is -2.36. The molecule has 0 aromatic heterocycles. The molecule has 0 atom stereocenters. The van der Waals surface area contributed by atoms with Crippen molar-refractivity contribution in [3.05, 3.63) is 29.8 Å². The monoisotopic (exact) mass is 289 g/mol. The highest BCUT2D eigenvalue weighted by Crippen LogP contribution is 2.21. The van der Waals surface area contributed by atoms with E-state index in [9.17, 15) is 0 Å². The van der Waals surface area contributed by atoms with E-state index in [-0.39, 0.29) is 0 Å². The second-order valence-corrected chi connectivity index (χ2v) is 7.14. The van der Waals surface area contributed by atoms with Crippen molar-refractivity contribution in [1.82, 2.24) is 4.90 Å². The number of nitrogens with zero attached hydrogens (tertiary/aromatic N) is 2. The summed E-state index contributed by atoms with van der Waals surface area (Å²) < 4.78 is 0. The normalized spacial score (nSPS) is 17.2. The molecule has 2 N–H and O–H groups in total. The van der Waals surface area contributed by atoms with Gasteiger partial charge in [0, 0.05) is 31.9 Å². The fourth-order valence-corrected chi connectivity index (χ4v) is 2.94. The Morgan fingerprint density at radius 2 is 1.86 bits per heavy atom. The van der Waals surface area contributed by atoms with Crippen LogP contribution in [0.2, 0.25) is 0 Å². The Labute approximate surface area is 130 Å². The summed E-state index contributed by atoms with van der Waals surface area (Å²) in [5.41, 5.74) is 8.82. The van der Waals surface area contributed by atoms with E-state index >= 15 is 0 Å². The van der Waals surface area contributed by atoms with Crippen LogP contribution in [0.5, 0.6) is 0 Å². The number of hydrogen-bond donors (Lipinski definition) is 1. The van der Waals surface area contributed by atoms with E-state index in [0.29, 0.717) is 5.41 Å². The summed E-state index contributed by atoms with van der Waals surface area (Å²) in [7, 11) is 0. The van der Waals surface area contributed by atoms with Crippen molar-refractivity contribution in [3.63, 3.8) is 0 Å². The van der Waals surface area contributed by atoms with Crippen LogP contribution >= 0.6 is 0 Å². The molecule has 0 aliphatic carbocycles. The minimum atomic E-state index is 0.295. The molecule has 1 heterocycles. The Kier molecular flexibility index (Phi) is 5.65. The minimum Gasteiger partial charge on any atom is -0.369 e. The Morgan fingerprint density at radius 3 is 2.48 bits per heavy atom. The van der Waals surface area contributed by atoms with Gasteiger partial charge in [0.1, 0.15) is 0 Å². The van der Waals surface area contributed by atoms with Gasteiger partial charge in [0.25, 0.3) is 0 Å².